The Labute approximate surface area is 151 Å². The first kappa shape index (κ1) is 17.4. The van der Waals surface area contributed by atoms with Crippen LogP contribution in [0, 0.1) is 13.8 Å². The summed E-state index contributed by atoms with van der Waals surface area (Å²) in [7, 11) is 1.56. The number of methoxy groups -OCH3 is 1. The van der Waals surface area contributed by atoms with E-state index in [9.17, 15) is 9.90 Å². The van der Waals surface area contributed by atoms with Crippen LogP contribution in [-0.4, -0.2) is 34.0 Å². The first-order valence-corrected chi connectivity index (χ1v) is 8.07. The van der Waals surface area contributed by atoms with Crippen LogP contribution in [0.4, 0.5) is 5.69 Å². The molecular weight excluding hydrogens is 330 g/mol. The lowest BCUT2D eigenvalue weighted by molar-refractivity contribution is 0.0697. The Bertz CT molecular complexity index is 972. The predicted octanol–water partition coefficient (Wildman–Crippen LogP) is 3.95. The number of aromatic carboxylic acids is 1. The Morgan fingerprint density at radius 2 is 2.00 bits per heavy atom. The van der Waals surface area contributed by atoms with Gasteiger partial charge in [0.05, 0.1) is 30.2 Å². The topological polar surface area (TPSA) is 76.7 Å². The lowest BCUT2D eigenvalue weighted by atomic mass is 10.1. The van der Waals surface area contributed by atoms with Gasteiger partial charge in [-0.2, -0.15) is 0 Å². The van der Waals surface area contributed by atoms with E-state index >= 15 is 0 Å². The SMILES string of the molecule is COc1ccc(N=Cc2cc(C)n(-c3ccccc3C(=O)O)c2C)cn1. The van der Waals surface area contributed by atoms with E-state index in [0.29, 0.717) is 17.3 Å². The molecular formula is C20H19N3O3. The average Bonchev–Trinajstić information content (AvgIpc) is 2.93. The number of aromatic nitrogens is 2. The number of aliphatic imine (C=N–C) groups is 1. The molecule has 0 radical (unpaired) electrons. The summed E-state index contributed by atoms with van der Waals surface area (Å²) < 4.78 is 6.96. The lowest BCUT2D eigenvalue weighted by Gasteiger charge is -2.12. The molecule has 3 aromatic rings. The first-order chi connectivity index (χ1) is 12.5. The molecule has 3 rings (SSSR count). The molecule has 26 heavy (non-hydrogen) atoms. The summed E-state index contributed by atoms with van der Waals surface area (Å²) in [6.07, 6.45) is 3.39. The molecule has 2 heterocycles. The van der Waals surface area contributed by atoms with E-state index in [1.807, 2.05) is 36.6 Å². The Balaban J connectivity index is 1.98. The van der Waals surface area contributed by atoms with Gasteiger partial charge in [-0.15, -0.1) is 0 Å². The fraction of sp³-hybridized carbons (Fsp3) is 0.150. The van der Waals surface area contributed by atoms with Crippen molar-refractivity contribution in [1.29, 1.82) is 0 Å². The molecule has 6 nitrogen and oxygen atoms in total. The zero-order valence-electron chi connectivity index (χ0n) is 14.8. The number of hydrogen-bond acceptors (Lipinski definition) is 4. The van der Waals surface area contributed by atoms with Crippen LogP contribution in [0.2, 0.25) is 0 Å². The normalized spacial score (nSPS) is 11.0. The molecule has 0 amide bonds. The Morgan fingerprint density at radius 1 is 1.23 bits per heavy atom. The van der Waals surface area contributed by atoms with Crippen LogP contribution in [0.3, 0.4) is 0 Å². The van der Waals surface area contributed by atoms with Crippen molar-refractivity contribution in [3.63, 3.8) is 0 Å². The molecule has 0 unspecified atom stereocenters. The van der Waals surface area contributed by atoms with Gasteiger partial charge in [0.2, 0.25) is 5.88 Å². The molecule has 1 N–H and O–H groups in total. The molecule has 0 saturated carbocycles. The smallest absolute Gasteiger partial charge is 0.337 e. The van der Waals surface area contributed by atoms with Gasteiger partial charge in [-0.3, -0.25) is 4.99 Å². The number of carboxylic acids is 1. The Hall–Kier alpha value is -3.41. The molecule has 0 aliphatic carbocycles. The molecule has 0 saturated heterocycles. The summed E-state index contributed by atoms with van der Waals surface area (Å²) in [6, 6.07) is 12.5. The van der Waals surface area contributed by atoms with Gasteiger partial charge in [0.15, 0.2) is 0 Å². The number of rotatable bonds is 5. The van der Waals surface area contributed by atoms with Gasteiger partial charge < -0.3 is 14.4 Å². The van der Waals surface area contributed by atoms with Gasteiger partial charge in [0.25, 0.3) is 0 Å². The van der Waals surface area contributed by atoms with Crippen molar-refractivity contribution in [3.8, 4) is 11.6 Å². The second kappa shape index (κ2) is 7.23. The summed E-state index contributed by atoms with van der Waals surface area (Å²) in [6.45, 7) is 3.89. The van der Waals surface area contributed by atoms with Crippen molar-refractivity contribution in [1.82, 2.24) is 9.55 Å². The predicted molar refractivity (Wildman–Crippen MR) is 100 cm³/mol. The van der Waals surface area contributed by atoms with E-state index in [4.69, 9.17) is 4.74 Å². The summed E-state index contributed by atoms with van der Waals surface area (Å²) in [5.41, 5.74) is 4.38. The zero-order valence-corrected chi connectivity index (χ0v) is 14.8. The maximum absolute atomic E-state index is 11.5. The molecule has 0 fully saturated rings. The number of ether oxygens (including phenoxy) is 1. The fourth-order valence-electron chi connectivity index (χ4n) is 2.85. The van der Waals surface area contributed by atoms with Crippen molar-refractivity contribution in [2.45, 2.75) is 13.8 Å². The number of carbonyl (C=O) groups is 1. The molecule has 0 atom stereocenters. The van der Waals surface area contributed by atoms with Crippen LogP contribution < -0.4 is 4.74 Å². The van der Waals surface area contributed by atoms with Crippen molar-refractivity contribution in [2.24, 2.45) is 4.99 Å². The highest BCUT2D eigenvalue weighted by molar-refractivity contribution is 5.92. The van der Waals surface area contributed by atoms with Crippen LogP contribution >= 0.6 is 0 Å². The molecule has 0 aliphatic heterocycles. The van der Waals surface area contributed by atoms with Crippen LogP contribution in [-0.2, 0) is 0 Å². The summed E-state index contributed by atoms with van der Waals surface area (Å²) in [5.74, 6) is -0.417. The number of carboxylic acid groups (broad SMARTS) is 1. The third-order valence-electron chi connectivity index (χ3n) is 4.13. The number of nitrogens with zero attached hydrogens (tertiary/aromatic N) is 3. The van der Waals surface area contributed by atoms with Crippen molar-refractivity contribution < 1.29 is 14.6 Å². The van der Waals surface area contributed by atoms with Crippen LogP contribution in [0.15, 0.2) is 53.7 Å². The van der Waals surface area contributed by atoms with Crippen molar-refractivity contribution in [2.75, 3.05) is 7.11 Å². The highest BCUT2D eigenvalue weighted by Gasteiger charge is 2.15. The van der Waals surface area contributed by atoms with E-state index in [1.165, 1.54) is 0 Å². The van der Waals surface area contributed by atoms with E-state index in [0.717, 1.165) is 17.0 Å². The largest absolute Gasteiger partial charge is 0.481 e. The third-order valence-corrected chi connectivity index (χ3v) is 4.13. The number of hydrogen-bond donors (Lipinski definition) is 1. The van der Waals surface area contributed by atoms with Gasteiger partial charge in [0, 0.05) is 29.2 Å². The lowest BCUT2D eigenvalue weighted by Crippen LogP contribution is -2.07. The van der Waals surface area contributed by atoms with E-state index < -0.39 is 5.97 Å². The minimum atomic E-state index is -0.951. The van der Waals surface area contributed by atoms with Gasteiger partial charge >= 0.3 is 5.97 Å². The first-order valence-electron chi connectivity index (χ1n) is 8.07. The van der Waals surface area contributed by atoms with E-state index in [-0.39, 0.29) is 5.56 Å². The minimum absolute atomic E-state index is 0.261. The second-order valence-electron chi connectivity index (χ2n) is 5.80. The van der Waals surface area contributed by atoms with Gasteiger partial charge in [0.1, 0.15) is 0 Å². The monoisotopic (exact) mass is 349 g/mol. The Morgan fingerprint density at radius 3 is 2.65 bits per heavy atom. The van der Waals surface area contributed by atoms with Gasteiger partial charge in [-0.25, -0.2) is 9.78 Å². The molecule has 1 aromatic carbocycles. The van der Waals surface area contributed by atoms with Crippen LogP contribution in [0.25, 0.3) is 5.69 Å². The Kier molecular flexibility index (Phi) is 4.84. The molecule has 0 aliphatic rings. The van der Waals surface area contributed by atoms with Gasteiger partial charge in [-0.05, 0) is 38.1 Å². The second-order valence-corrected chi connectivity index (χ2v) is 5.80. The molecule has 2 aromatic heterocycles. The highest BCUT2D eigenvalue weighted by atomic mass is 16.5. The molecule has 132 valence electrons. The van der Waals surface area contributed by atoms with E-state index in [2.05, 4.69) is 9.98 Å². The van der Waals surface area contributed by atoms with Crippen LogP contribution in [0.5, 0.6) is 5.88 Å². The zero-order chi connectivity index (χ0) is 18.7. The third kappa shape index (κ3) is 3.35. The molecule has 0 bridgehead atoms. The molecule has 0 spiro atoms. The minimum Gasteiger partial charge on any atom is -0.481 e. The number of aryl methyl sites for hydroxylation is 1. The fourth-order valence-corrected chi connectivity index (χ4v) is 2.85. The van der Waals surface area contributed by atoms with Crippen molar-refractivity contribution in [3.05, 3.63) is 71.2 Å². The standard InChI is InChI=1S/C20H19N3O3/c1-13-10-15(11-21-16-8-9-19(26-3)22-12-16)14(2)23(13)18-7-5-4-6-17(18)20(24)25/h4-12H,1-3H3,(H,24,25). The van der Waals surface area contributed by atoms with Gasteiger partial charge in [-0.1, -0.05) is 12.1 Å². The maximum atomic E-state index is 11.5. The number of pyridine rings is 1. The summed E-state index contributed by atoms with van der Waals surface area (Å²) in [5, 5.41) is 9.45. The quantitative estimate of drug-likeness (QED) is 0.708. The van der Waals surface area contributed by atoms with Crippen LogP contribution in [0.1, 0.15) is 27.3 Å². The van der Waals surface area contributed by atoms with Crippen molar-refractivity contribution >= 4 is 17.9 Å². The molecule has 6 heteroatoms. The summed E-state index contributed by atoms with van der Waals surface area (Å²) >= 11 is 0. The number of benzene rings is 1. The number of para-hydroxylation sites is 1. The maximum Gasteiger partial charge on any atom is 0.337 e. The summed E-state index contributed by atoms with van der Waals surface area (Å²) in [4.78, 5) is 20.1. The van der Waals surface area contributed by atoms with E-state index in [1.54, 1.807) is 43.8 Å². The highest BCUT2D eigenvalue weighted by Crippen LogP contribution is 2.23. The average molecular weight is 349 g/mol.